The van der Waals surface area contributed by atoms with Gasteiger partial charge < -0.3 is 20.6 Å². The van der Waals surface area contributed by atoms with Crippen molar-refractivity contribution in [3.63, 3.8) is 0 Å². The van der Waals surface area contributed by atoms with Gasteiger partial charge in [0.25, 0.3) is 0 Å². The smallest absolute Gasteiger partial charge is 0.319 e. The van der Waals surface area contributed by atoms with E-state index in [9.17, 15) is 14.3 Å². The lowest BCUT2D eigenvalue weighted by atomic mass is 9.99. The van der Waals surface area contributed by atoms with Gasteiger partial charge in [-0.1, -0.05) is 13.0 Å². The molecule has 1 heterocycles. The van der Waals surface area contributed by atoms with Crippen molar-refractivity contribution in [3.8, 4) is 0 Å². The number of amides is 2. The molecule has 1 atom stereocenters. The number of aliphatic hydroxyl groups is 1. The normalized spacial score (nSPS) is 17.7. The maximum Gasteiger partial charge on any atom is 0.319 e. The van der Waals surface area contributed by atoms with E-state index in [4.69, 9.17) is 0 Å². The average molecular weight is 323 g/mol. The van der Waals surface area contributed by atoms with Crippen LogP contribution in [0.2, 0.25) is 0 Å². The number of halogens is 1. The summed E-state index contributed by atoms with van der Waals surface area (Å²) >= 11 is 0. The van der Waals surface area contributed by atoms with Crippen LogP contribution in [0.25, 0.3) is 0 Å². The van der Waals surface area contributed by atoms with E-state index in [0.29, 0.717) is 12.2 Å². The maximum absolute atomic E-state index is 13.2. The maximum atomic E-state index is 13.2. The predicted molar refractivity (Wildman–Crippen MR) is 89.0 cm³/mol. The molecule has 1 fully saturated rings. The predicted octanol–water partition coefficient (Wildman–Crippen LogP) is 2.35. The number of carbonyl (C=O) groups excluding carboxylic acids is 1. The van der Waals surface area contributed by atoms with E-state index in [-0.39, 0.29) is 6.54 Å². The van der Waals surface area contributed by atoms with E-state index >= 15 is 0 Å². The van der Waals surface area contributed by atoms with Gasteiger partial charge in [-0.05, 0) is 56.5 Å². The Morgan fingerprint density at radius 3 is 2.83 bits per heavy atom. The summed E-state index contributed by atoms with van der Waals surface area (Å²) in [5, 5.41) is 15.3. The minimum absolute atomic E-state index is 0.173. The second-order valence-corrected chi connectivity index (χ2v) is 6.43. The van der Waals surface area contributed by atoms with E-state index in [0.717, 1.165) is 37.4 Å². The summed E-state index contributed by atoms with van der Waals surface area (Å²) in [4.78, 5) is 14.1. The zero-order valence-corrected chi connectivity index (χ0v) is 13.8. The summed E-state index contributed by atoms with van der Waals surface area (Å²) in [5.74, 6) is 0.354. The molecule has 1 aliphatic rings. The molecule has 0 spiro atoms. The molecule has 0 bridgehead atoms. The summed E-state index contributed by atoms with van der Waals surface area (Å²) in [6, 6.07) is 3.80. The molecule has 1 unspecified atom stereocenters. The van der Waals surface area contributed by atoms with E-state index < -0.39 is 18.0 Å². The van der Waals surface area contributed by atoms with Crippen LogP contribution in [-0.4, -0.2) is 48.3 Å². The van der Waals surface area contributed by atoms with Crippen molar-refractivity contribution in [3.05, 3.63) is 29.6 Å². The number of β-amino-alcohol motifs (C(OH)–C–C–N with tert-alkyl or cyclic N) is 1. The Balaban J connectivity index is 1.72. The number of anilines is 1. The van der Waals surface area contributed by atoms with Crippen LogP contribution in [-0.2, 0) is 0 Å². The fourth-order valence-corrected chi connectivity index (χ4v) is 2.71. The van der Waals surface area contributed by atoms with Gasteiger partial charge in [0.1, 0.15) is 5.82 Å². The Bertz CT molecular complexity index is 531. The number of benzene rings is 1. The standard InChI is InChI=1S/C17H26FN3O2/c1-12-5-7-21(8-6-12)11-15(22)10-19-17(23)20-16-9-14(18)4-3-13(16)2/h3-4,9,12,15,22H,5-8,10-11H2,1-2H3,(H2,19,20,23). The molecule has 3 N–H and O–H groups in total. The lowest BCUT2D eigenvalue weighted by Gasteiger charge is -2.31. The first-order chi connectivity index (χ1) is 10.9. The molecule has 5 nitrogen and oxygen atoms in total. The van der Waals surface area contributed by atoms with Gasteiger partial charge in [0.2, 0.25) is 0 Å². The molecule has 1 saturated heterocycles. The number of likely N-dealkylation sites (tertiary alicyclic amines) is 1. The minimum atomic E-state index is -0.609. The highest BCUT2D eigenvalue weighted by atomic mass is 19.1. The number of urea groups is 1. The quantitative estimate of drug-likeness (QED) is 0.779. The van der Waals surface area contributed by atoms with Crippen LogP contribution in [0.15, 0.2) is 18.2 Å². The van der Waals surface area contributed by atoms with Crippen LogP contribution in [0.3, 0.4) is 0 Å². The summed E-state index contributed by atoms with van der Waals surface area (Å²) in [6.07, 6.45) is 1.70. The fraction of sp³-hybridized carbons (Fsp3) is 0.588. The Morgan fingerprint density at radius 1 is 1.43 bits per heavy atom. The summed E-state index contributed by atoms with van der Waals surface area (Å²) in [5.41, 5.74) is 1.21. The highest BCUT2D eigenvalue weighted by Crippen LogP contribution is 2.16. The molecule has 2 amide bonds. The largest absolute Gasteiger partial charge is 0.390 e. The SMILES string of the molecule is Cc1ccc(F)cc1NC(=O)NCC(O)CN1CCC(C)CC1. The molecule has 128 valence electrons. The number of aliphatic hydroxyl groups excluding tert-OH is 1. The fourth-order valence-electron chi connectivity index (χ4n) is 2.71. The Morgan fingerprint density at radius 2 is 2.13 bits per heavy atom. The van der Waals surface area contributed by atoms with E-state index in [1.54, 1.807) is 13.0 Å². The number of rotatable bonds is 5. The molecule has 0 aromatic heterocycles. The highest BCUT2D eigenvalue weighted by Gasteiger charge is 2.18. The van der Waals surface area contributed by atoms with Crippen molar-refractivity contribution in [1.82, 2.24) is 10.2 Å². The highest BCUT2D eigenvalue weighted by molar-refractivity contribution is 5.90. The molecule has 0 aliphatic carbocycles. The first kappa shape index (κ1) is 17.7. The van der Waals surface area contributed by atoms with Gasteiger partial charge in [0.15, 0.2) is 0 Å². The second kappa shape index (κ2) is 8.26. The van der Waals surface area contributed by atoms with Crippen molar-refractivity contribution in [2.45, 2.75) is 32.8 Å². The zero-order chi connectivity index (χ0) is 16.8. The average Bonchev–Trinajstić information content (AvgIpc) is 2.51. The molecule has 0 saturated carbocycles. The monoisotopic (exact) mass is 323 g/mol. The number of hydrogen-bond donors (Lipinski definition) is 3. The summed E-state index contributed by atoms with van der Waals surface area (Å²) < 4.78 is 13.2. The number of nitrogens with one attached hydrogen (secondary N) is 2. The molecule has 2 rings (SSSR count). The molecule has 1 aromatic carbocycles. The molecule has 23 heavy (non-hydrogen) atoms. The van der Waals surface area contributed by atoms with Crippen molar-refractivity contribution in [2.75, 3.05) is 31.5 Å². The van der Waals surface area contributed by atoms with Crippen molar-refractivity contribution in [1.29, 1.82) is 0 Å². The van der Waals surface area contributed by atoms with Crippen LogP contribution in [0.1, 0.15) is 25.3 Å². The van der Waals surface area contributed by atoms with Crippen LogP contribution in [0.5, 0.6) is 0 Å². The molecular formula is C17H26FN3O2. The molecule has 1 aliphatic heterocycles. The topological polar surface area (TPSA) is 64.6 Å². The first-order valence-corrected chi connectivity index (χ1v) is 8.15. The van der Waals surface area contributed by atoms with Gasteiger partial charge in [0, 0.05) is 18.8 Å². The second-order valence-electron chi connectivity index (χ2n) is 6.43. The zero-order valence-electron chi connectivity index (χ0n) is 13.8. The van der Waals surface area contributed by atoms with Gasteiger partial charge in [-0.25, -0.2) is 9.18 Å². The Hall–Kier alpha value is -1.66. The third-order valence-corrected chi connectivity index (χ3v) is 4.29. The third kappa shape index (κ3) is 5.80. The first-order valence-electron chi connectivity index (χ1n) is 8.15. The third-order valence-electron chi connectivity index (χ3n) is 4.29. The van der Waals surface area contributed by atoms with Gasteiger partial charge in [-0.3, -0.25) is 0 Å². The molecule has 1 aromatic rings. The van der Waals surface area contributed by atoms with Crippen molar-refractivity contribution >= 4 is 11.7 Å². The Kier molecular flexibility index (Phi) is 6.36. The molecular weight excluding hydrogens is 297 g/mol. The minimum Gasteiger partial charge on any atom is -0.390 e. The number of nitrogens with zero attached hydrogens (tertiary/aromatic N) is 1. The van der Waals surface area contributed by atoms with Crippen LogP contribution in [0.4, 0.5) is 14.9 Å². The van der Waals surface area contributed by atoms with Gasteiger partial charge in [-0.15, -0.1) is 0 Å². The van der Waals surface area contributed by atoms with E-state index in [1.165, 1.54) is 12.1 Å². The van der Waals surface area contributed by atoms with Gasteiger partial charge >= 0.3 is 6.03 Å². The molecule has 0 radical (unpaired) electrons. The van der Waals surface area contributed by atoms with Gasteiger partial charge in [0.05, 0.1) is 6.10 Å². The lowest BCUT2D eigenvalue weighted by molar-refractivity contribution is 0.0924. The summed E-state index contributed by atoms with van der Waals surface area (Å²) in [6.45, 7) is 6.76. The van der Waals surface area contributed by atoms with E-state index in [2.05, 4.69) is 22.5 Å². The Labute approximate surface area is 136 Å². The number of aryl methyl sites for hydroxylation is 1. The van der Waals surface area contributed by atoms with Crippen LogP contribution < -0.4 is 10.6 Å². The van der Waals surface area contributed by atoms with Crippen molar-refractivity contribution < 1.29 is 14.3 Å². The summed E-state index contributed by atoms with van der Waals surface area (Å²) in [7, 11) is 0. The van der Waals surface area contributed by atoms with Gasteiger partial charge in [-0.2, -0.15) is 0 Å². The lowest BCUT2D eigenvalue weighted by Crippen LogP contribution is -2.43. The number of piperidine rings is 1. The van der Waals surface area contributed by atoms with Crippen LogP contribution in [0, 0.1) is 18.7 Å². The van der Waals surface area contributed by atoms with Crippen LogP contribution >= 0.6 is 0 Å². The van der Waals surface area contributed by atoms with E-state index in [1.807, 2.05) is 0 Å². The number of hydrogen-bond acceptors (Lipinski definition) is 3. The molecule has 6 heteroatoms. The van der Waals surface area contributed by atoms with Crippen molar-refractivity contribution in [2.24, 2.45) is 5.92 Å². The number of carbonyl (C=O) groups is 1.